The van der Waals surface area contributed by atoms with Crippen molar-refractivity contribution in [2.75, 3.05) is 0 Å². The second kappa shape index (κ2) is 23.9. The Kier molecular flexibility index (Phi) is 103. The van der Waals surface area contributed by atoms with Crippen LogP contribution in [-0.2, 0) is 50.3 Å². The van der Waals surface area contributed by atoms with E-state index in [0.717, 1.165) is 0 Å². The van der Waals surface area contributed by atoms with Gasteiger partial charge >= 0.3 is 18.9 Å². The maximum absolute atomic E-state index is 8.36. The number of nitrogens with zero attached hydrogens (tertiary/aromatic N) is 1. The first-order valence-corrected chi connectivity index (χ1v) is 0.565. The summed E-state index contributed by atoms with van der Waals surface area (Å²) in [5.41, 5.74) is 0. The molecule has 0 aromatic carbocycles. The topological polar surface area (TPSA) is 63.4 Å². The predicted molar refractivity (Wildman–Crippen MR) is 15.9 cm³/mol. The second-order valence-corrected chi connectivity index (χ2v) is 0.238. The van der Waals surface area contributed by atoms with Gasteiger partial charge in [-0.3, -0.25) is 0 Å². The molecule has 52 valence electrons. The summed E-state index contributed by atoms with van der Waals surface area (Å²) in [6, 6.07) is 0. The van der Waals surface area contributed by atoms with Crippen molar-refractivity contribution in [1.29, 1.82) is 0 Å². The smallest absolute Gasteiger partial charge is 0 e. The first-order valence-electron chi connectivity index (χ1n) is 0.565. The van der Waals surface area contributed by atoms with Gasteiger partial charge in [0.25, 0.3) is 5.09 Å². The van der Waals surface area contributed by atoms with Crippen LogP contribution in [0.5, 0.6) is 0 Å². The van der Waals surface area contributed by atoms with E-state index in [1.807, 2.05) is 0 Å². The molecule has 0 spiro atoms. The minimum atomic E-state index is -1.50. The van der Waals surface area contributed by atoms with Crippen molar-refractivity contribution in [3.8, 4) is 0 Å². The zero-order chi connectivity index (χ0) is 3.58. The molecular weight excluding hydrogens is 242 g/mol. The summed E-state index contributed by atoms with van der Waals surface area (Å²) in [4.78, 5) is 8.36. The first kappa shape index (κ1) is 34.6. The summed E-state index contributed by atoms with van der Waals surface area (Å²) in [5, 5.41) is 13.6. The fourth-order valence-corrected chi connectivity index (χ4v) is 0. The molecule has 0 aliphatic carbocycles. The molecule has 0 aromatic rings. The van der Waals surface area contributed by atoms with Gasteiger partial charge in [-0.15, -0.1) is 10.1 Å². The van der Waals surface area contributed by atoms with E-state index in [9.17, 15) is 0 Å². The van der Waals surface area contributed by atoms with Crippen molar-refractivity contribution in [3.05, 3.63) is 10.1 Å². The van der Waals surface area contributed by atoms with Crippen LogP contribution in [0.15, 0.2) is 0 Å². The first-order chi connectivity index (χ1) is 1.73. The minimum absolute atomic E-state index is 0. The molecule has 0 unspecified atom stereocenters. The van der Waals surface area contributed by atoms with Crippen LogP contribution in [-0.4, -0.2) is 29.2 Å². The van der Waals surface area contributed by atoms with Crippen LogP contribution >= 0.6 is 0 Å². The van der Waals surface area contributed by atoms with Crippen LogP contribution in [0.25, 0.3) is 0 Å². The minimum Gasteiger partial charge on any atom is 0 e. The van der Waals surface area contributed by atoms with Gasteiger partial charge in [0.15, 0.2) is 0 Å². The summed E-state index contributed by atoms with van der Waals surface area (Å²) in [6.45, 7) is 0. The SMILES string of the molecule is O=[N+]([O-])O.[Co].[LiH].[Mn].[Ni]. The Morgan fingerprint density at radius 3 is 1.50 bits per heavy atom. The van der Waals surface area contributed by atoms with Gasteiger partial charge in [0.1, 0.15) is 0 Å². The van der Waals surface area contributed by atoms with Gasteiger partial charge in [0, 0.05) is 50.3 Å². The fraction of sp³-hybridized carbons (Fsp3) is 0. The Morgan fingerprint density at radius 2 is 1.50 bits per heavy atom. The summed E-state index contributed by atoms with van der Waals surface area (Å²) in [5.74, 6) is 0. The van der Waals surface area contributed by atoms with E-state index in [2.05, 4.69) is 0 Å². The number of rotatable bonds is 0. The molecule has 8 heavy (non-hydrogen) atoms. The van der Waals surface area contributed by atoms with Gasteiger partial charge in [0.05, 0.1) is 0 Å². The van der Waals surface area contributed by atoms with Crippen LogP contribution in [0.4, 0.5) is 0 Å². The Labute approximate surface area is 89.0 Å². The zero-order valence-corrected chi connectivity index (χ0v) is 5.95. The van der Waals surface area contributed by atoms with E-state index in [4.69, 9.17) is 15.3 Å². The van der Waals surface area contributed by atoms with Gasteiger partial charge in [-0.1, -0.05) is 0 Å². The van der Waals surface area contributed by atoms with Crippen LogP contribution in [0.1, 0.15) is 0 Å². The molecule has 4 nitrogen and oxygen atoms in total. The maximum Gasteiger partial charge on any atom is 0 e. The van der Waals surface area contributed by atoms with Gasteiger partial charge < -0.3 is 5.21 Å². The molecule has 0 aromatic heterocycles. The van der Waals surface area contributed by atoms with E-state index in [1.54, 1.807) is 0 Å². The van der Waals surface area contributed by atoms with E-state index < -0.39 is 5.09 Å². The van der Waals surface area contributed by atoms with Crippen molar-refractivity contribution < 1.29 is 60.6 Å². The molecule has 0 fully saturated rings. The van der Waals surface area contributed by atoms with Crippen molar-refractivity contribution >= 4 is 18.9 Å². The van der Waals surface area contributed by atoms with Crippen molar-refractivity contribution in [1.82, 2.24) is 0 Å². The van der Waals surface area contributed by atoms with Gasteiger partial charge in [-0.05, 0) is 0 Å². The summed E-state index contributed by atoms with van der Waals surface area (Å²) >= 11 is 0. The Balaban J connectivity index is -0.00000000750. The summed E-state index contributed by atoms with van der Waals surface area (Å²) in [7, 11) is 0. The van der Waals surface area contributed by atoms with Gasteiger partial charge in [-0.2, -0.15) is 0 Å². The third-order valence-corrected chi connectivity index (χ3v) is 0. The second-order valence-electron chi connectivity index (χ2n) is 0.238. The standard InChI is InChI=1S/Co.Li.Mn.HNO3.Ni.H/c;;;2-1(3)4;;/h;;;(H,2,3,4);;. The molecule has 0 saturated heterocycles. The Morgan fingerprint density at radius 1 is 1.50 bits per heavy atom. The maximum atomic E-state index is 8.36. The van der Waals surface area contributed by atoms with Gasteiger partial charge in [0.2, 0.25) is 0 Å². The molecule has 1 N–H and O–H groups in total. The van der Waals surface area contributed by atoms with Crippen molar-refractivity contribution in [2.45, 2.75) is 0 Å². The Bertz CT molecular complexity index is 42.3. The molecule has 0 heterocycles. The quantitative estimate of drug-likeness (QED) is 0.337. The average molecular weight is 244 g/mol. The monoisotopic (exact) mass is 243 g/mol. The fourth-order valence-electron chi connectivity index (χ4n) is 0. The number of hydrogen-bond donors (Lipinski definition) is 1. The molecule has 0 bridgehead atoms. The van der Waals surface area contributed by atoms with Crippen LogP contribution in [0, 0.1) is 10.1 Å². The molecule has 0 aliphatic heterocycles. The molecule has 0 atom stereocenters. The summed E-state index contributed by atoms with van der Waals surface area (Å²) in [6.07, 6.45) is 0. The van der Waals surface area contributed by atoms with E-state index >= 15 is 0 Å². The van der Waals surface area contributed by atoms with E-state index in [1.165, 1.54) is 0 Å². The Hall–Kier alpha value is 1.32. The average Bonchev–Trinajstić information content (AvgIpc) is 0.811. The molecule has 0 amide bonds. The molecule has 0 rings (SSSR count). The predicted octanol–water partition coefficient (Wildman–Crippen LogP) is -1.00. The van der Waals surface area contributed by atoms with Gasteiger partial charge in [-0.25, -0.2) is 0 Å². The number of hydrogen-bond acceptors (Lipinski definition) is 2. The van der Waals surface area contributed by atoms with Crippen LogP contribution < -0.4 is 0 Å². The summed E-state index contributed by atoms with van der Waals surface area (Å²) < 4.78 is 0. The molecular formula is H2CoLiMnNNiO3. The van der Waals surface area contributed by atoms with Crippen molar-refractivity contribution in [3.63, 3.8) is 0 Å². The zero-order valence-electron chi connectivity index (χ0n) is 2.74. The molecule has 2 radical (unpaired) electrons. The van der Waals surface area contributed by atoms with E-state index in [-0.39, 0.29) is 69.2 Å². The third kappa shape index (κ3) is 168. The van der Waals surface area contributed by atoms with Crippen LogP contribution in [0.2, 0.25) is 0 Å². The normalized spacial score (nSPS) is 3.00. The van der Waals surface area contributed by atoms with E-state index in [0.29, 0.717) is 0 Å². The van der Waals surface area contributed by atoms with Crippen molar-refractivity contribution in [2.24, 2.45) is 0 Å². The molecule has 0 aliphatic rings. The van der Waals surface area contributed by atoms with Crippen LogP contribution in [0.3, 0.4) is 0 Å². The molecule has 8 heteroatoms. The molecule has 0 saturated carbocycles. The largest absolute Gasteiger partial charge is 0 e. The third-order valence-electron chi connectivity index (χ3n) is 0.